The summed E-state index contributed by atoms with van der Waals surface area (Å²) in [5, 5.41) is 11.5. The fraction of sp³-hybridized carbons (Fsp3) is 0.524. The van der Waals surface area contributed by atoms with E-state index in [0.717, 1.165) is 69.4 Å². The van der Waals surface area contributed by atoms with Gasteiger partial charge >= 0.3 is 0 Å². The van der Waals surface area contributed by atoms with Crippen molar-refractivity contribution in [1.29, 1.82) is 0 Å². The van der Waals surface area contributed by atoms with Crippen LogP contribution in [0, 0.1) is 5.82 Å². The van der Waals surface area contributed by atoms with Crippen molar-refractivity contribution >= 4 is 29.9 Å². The van der Waals surface area contributed by atoms with Crippen molar-refractivity contribution in [1.82, 2.24) is 25.3 Å². The van der Waals surface area contributed by atoms with E-state index in [1.807, 2.05) is 12.3 Å². The van der Waals surface area contributed by atoms with Gasteiger partial charge in [-0.25, -0.2) is 9.07 Å². The third kappa shape index (κ3) is 7.51. The van der Waals surface area contributed by atoms with Crippen molar-refractivity contribution in [3.8, 4) is 5.69 Å². The summed E-state index contributed by atoms with van der Waals surface area (Å²) in [6.45, 7) is 4.70. The lowest BCUT2D eigenvalue weighted by molar-refractivity contribution is 0.128. The van der Waals surface area contributed by atoms with E-state index in [0.29, 0.717) is 6.04 Å². The summed E-state index contributed by atoms with van der Waals surface area (Å²) in [6, 6.07) is 8.74. The highest BCUT2D eigenvalue weighted by Gasteiger charge is 2.19. The Bertz CT molecular complexity index is 774. The van der Waals surface area contributed by atoms with Gasteiger partial charge in [0.1, 0.15) is 5.82 Å². The lowest BCUT2D eigenvalue weighted by Crippen LogP contribution is -2.49. The van der Waals surface area contributed by atoms with Crippen molar-refractivity contribution < 1.29 is 9.13 Å². The smallest absolute Gasteiger partial charge is 0.191 e. The molecule has 30 heavy (non-hydrogen) atoms. The molecular formula is C21H32FIN6O. The van der Waals surface area contributed by atoms with Gasteiger partial charge in [-0.05, 0) is 43.2 Å². The molecule has 1 aliphatic rings. The molecule has 3 rings (SSSR count). The van der Waals surface area contributed by atoms with Crippen LogP contribution in [0.25, 0.3) is 5.69 Å². The zero-order valence-electron chi connectivity index (χ0n) is 17.7. The first-order chi connectivity index (χ1) is 14.2. The lowest BCUT2D eigenvalue weighted by Gasteiger charge is -2.32. The molecule has 2 aromatic rings. The van der Waals surface area contributed by atoms with Crippen LogP contribution in [-0.4, -0.2) is 73.6 Å². The van der Waals surface area contributed by atoms with Crippen LogP contribution in [0.3, 0.4) is 0 Å². The van der Waals surface area contributed by atoms with Gasteiger partial charge in [-0.3, -0.25) is 4.99 Å². The van der Waals surface area contributed by atoms with Gasteiger partial charge in [0.05, 0.1) is 18.0 Å². The highest BCUT2D eigenvalue weighted by Crippen LogP contribution is 2.10. The topological polar surface area (TPSA) is 66.7 Å². The number of ether oxygens (including phenoxy) is 1. The summed E-state index contributed by atoms with van der Waals surface area (Å²) in [4.78, 5) is 6.78. The van der Waals surface area contributed by atoms with E-state index >= 15 is 0 Å². The Hall–Kier alpha value is -1.72. The number of nitrogens with zero attached hydrogens (tertiary/aromatic N) is 4. The Morgan fingerprint density at radius 1 is 1.23 bits per heavy atom. The van der Waals surface area contributed by atoms with Gasteiger partial charge in [0.25, 0.3) is 0 Å². The normalized spacial score (nSPS) is 15.6. The molecule has 0 spiro atoms. The number of rotatable bonds is 8. The second kappa shape index (κ2) is 12.9. The molecule has 2 N–H and O–H groups in total. The van der Waals surface area contributed by atoms with Crippen LogP contribution in [0.15, 0.2) is 41.5 Å². The Labute approximate surface area is 195 Å². The van der Waals surface area contributed by atoms with Gasteiger partial charge in [-0.15, -0.1) is 24.0 Å². The van der Waals surface area contributed by atoms with Crippen LogP contribution >= 0.6 is 24.0 Å². The number of guanidine groups is 1. The molecular weight excluding hydrogens is 498 g/mol. The van der Waals surface area contributed by atoms with E-state index in [1.54, 1.807) is 31.0 Å². The molecule has 0 bridgehead atoms. The third-order valence-corrected chi connectivity index (χ3v) is 5.17. The maximum atomic E-state index is 13.1. The second-order valence-electron chi connectivity index (χ2n) is 7.23. The van der Waals surface area contributed by atoms with Gasteiger partial charge in [-0.1, -0.05) is 0 Å². The minimum atomic E-state index is -0.245. The van der Waals surface area contributed by atoms with Gasteiger partial charge in [0.15, 0.2) is 5.96 Å². The van der Waals surface area contributed by atoms with Crippen LogP contribution in [0.4, 0.5) is 4.39 Å². The lowest BCUT2D eigenvalue weighted by atomic mass is 10.1. The summed E-state index contributed by atoms with van der Waals surface area (Å²) in [5.41, 5.74) is 1.82. The van der Waals surface area contributed by atoms with Gasteiger partial charge in [0.2, 0.25) is 0 Å². The minimum Gasteiger partial charge on any atom is -0.383 e. The fourth-order valence-electron chi connectivity index (χ4n) is 3.45. The molecule has 2 heterocycles. The van der Waals surface area contributed by atoms with Gasteiger partial charge < -0.3 is 20.3 Å². The average molecular weight is 530 g/mol. The molecule has 1 aromatic carbocycles. The van der Waals surface area contributed by atoms with Gasteiger partial charge in [0, 0.05) is 59.0 Å². The van der Waals surface area contributed by atoms with Crippen LogP contribution in [0.2, 0.25) is 0 Å². The van der Waals surface area contributed by atoms with Crippen molar-refractivity contribution in [3.05, 3.63) is 48.0 Å². The highest BCUT2D eigenvalue weighted by molar-refractivity contribution is 14.0. The number of piperidine rings is 1. The van der Waals surface area contributed by atoms with E-state index in [-0.39, 0.29) is 29.8 Å². The zero-order valence-corrected chi connectivity index (χ0v) is 20.0. The Morgan fingerprint density at radius 3 is 2.63 bits per heavy atom. The molecule has 0 atom stereocenters. The van der Waals surface area contributed by atoms with Crippen LogP contribution < -0.4 is 10.6 Å². The van der Waals surface area contributed by atoms with Crippen LogP contribution in [0.1, 0.15) is 18.5 Å². The first-order valence-corrected chi connectivity index (χ1v) is 10.2. The Kier molecular flexibility index (Phi) is 10.5. The molecule has 0 unspecified atom stereocenters. The summed E-state index contributed by atoms with van der Waals surface area (Å²) in [5.74, 6) is 0.586. The molecule has 0 aliphatic carbocycles. The Morgan fingerprint density at radius 2 is 1.97 bits per heavy atom. The quantitative estimate of drug-likeness (QED) is 0.312. The van der Waals surface area contributed by atoms with E-state index in [4.69, 9.17) is 4.74 Å². The number of hydrogen-bond donors (Lipinski definition) is 2. The van der Waals surface area contributed by atoms with Crippen LogP contribution in [-0.2, 0) is 11.2 Å². The fourth-order valence-corrected chi connectivity index (χ4v) is 3.45. The number of likely N-dealkylation sites (tertiary alicyclic amines) is 1. The van der Waals surface area contributed by atoms with E-state index < -0.39 is 0 Å². The molecule has 1 saturated heterocycles. The molecule has 166 valence electrons. The van der Waals surface area contributed by atoms with Crippen molar-refractivity contribution in [3.63, 3.8) is 0 Å². The number of hydrogen-bond acceptors (Lipinski definition) is 4. The molecule has 1 fully saturated rings. The van der Waals surface area contributed by atoms with E-state index in [2.05, 4.69) is 25.6 Å². The predicted octanol–water partition coefficient (Wildman–Crippen LogP) is 2.45. The minimum absolute atomic E-state index is 0. The zero-order chi connectivity index (χ0) is 20.5. The Balaban J connectivity index is 0.00000320. The first kappa shape index (κ1) is 24.5. The molecule has 9 heteroatoms. The standard InChI is InChI=1S/C21H31FN6O.HI/c1-23-21(25-18-8-12-27(13-9-18)15-16-29-2)24-11-7-19-10-14-28(26-19)20-5-3-17(22)4-6-20;/h3-6,10,14,18H,7-9,11-13,15-16H2,1-2H3,(H2,23,24,25);1H. The summed E-state index contributed by atoms with van der Waals surface area (Å²) in [6.07, 6.45) is 4.89. The highest BCUT2D eigenvalue weighted by atomic mass is 127. The number of methoxy groups -OCH3 is 1. The number of aromatic nitrogens is 2. The molecule has 0 saturated carbocycles. The summed E-state index contributed by atoms with van der Waals surface area (Å²) >= 11 is 0. The number of benzene rings is 1. The third-order valence-electron chi connectivity index (χ3n) is 5.17. The number of aliphatic imine (C=N–C) groups is 1. The van der Waals surface area contributed by atoms with Crippen LogP contribution in [0.5, 0.6) is 0 Å². The average Bonchev–Trinajstić information content (AvgIpc) is 3.22. The first-order valence-electron chi connectivity index (χ1n) is 10.2. The molecule has 1 aromatic heterocycles. The molecule has 1 aliphatic heterocycles. The van der Waals surface area contributed by atoms with Crippen molar-refractivity contribution in [2.75, 3.05) is 46.9 Å². The predicted molar refractivity (Wildman–Crippen MR) is 128 cm³/mol. The van der Waals surface area contributed by atoms with Crippen molar-refractivity contribution in [2.24, 2.45) is 4.99 Å². The maximum Gasteiger partial charge on any atom is 0.191 e. The number of halogens is 2. The largest absolute Gasteiger partial charge is 0.383 e. The van der Waals surface area contributed by atoms with Crippen molar-refractivity contribution in [2.45, 2.75) is 25.3 Å². The monoisotopic (exact) mass is 530 g/mol. The molecule has 0 radical (unpaired) electrons. The summed E-state index contributed by atoms with van der Waals surface area (Å²) < 4.78 is 20.0. The molecule has 7 nitrogen and oxygen atoms in total. The van der Waals surface area contributed by atoms with E-state index in [9.17, 15) is 4.39 Å². The SMILES string of the molecule is CN=C(NCCc1ccn(-c2ccc(F)cc2)n1)NC1CCN(CCOC)CC1.I. The van der Waals surface area contributed by atoms with E-state index in [1.165, 1.54) is 12.1 Å². The number of nitrogens with one attached hydrogen (secondary N) is 2. The maximum absolute atomic E-state index is 13.1. The molecule has 0 amide bonds. The second-order valence-corrected chi connectivity index (χ2v) is 7.23. The summed E-state index contributed by atoms with van der Waals surface area (Å²) in [7, 11) is 3.55. The van der Waals surface area contributed by atoms with Gasteiger partial charge in [-0.2, -0.15) is 5.10 Å².